The zero-order valence-electron chi connectivity index (χ0n) is 8.13. The summed E-state index contributed by atoms with van der Waals surface area (Å²) in [6.45, 7) is 0. The van der Waals surface area contributed by atoms with E-state index in [4.69, 9.17) is 0 Å². The molecule has 0 aromatic heterocycles. The SMILES string of the molecule is O=C1C(C2=CC=CCC2)SC2SC=CN12. The number of carbonyl (C=O) groups excluding carboxylic acids is 1. The van der Waals surface area contributed by atoms with Crippen LogP contribution in [0.2, 0.25) is 0 Å². The van der Waals surface area contributed by atoms with Crippen LogP contribution in [-0.2, 0) is 4.79 Å². The van der Waals surface area contributed by atoms with Crippen molar-refractivity contribution < 1.29 is 4.79 Å². The van der Waals surface area contributed by atoms with Gasteiger partial charge in [-0.15, -0.1) is 11.8 Å². The minimum atomic E-state index is 0.0670. The number of hydrogen-bond donors (Lipinski definition) is 0. The van der Waals surface area contributed by atoms with Gasteiger partial charge in [0.05, 0.1) is 0 Å². The Hall–Kier alpha value is -0.610. The Bertz CT molecular complexity index is 386. The summed E-state index contributed by atoms with van der Waals surface area (Å²) in [7, 11) is 0. The molecule has 3 rings (SSSR count). The monoisotopic (exact) mass is 237 g/mol. The van der Waals surface area contributed by atoms with E-state index in [1.807, 2.05) is 16.5 Å². The second-order valence-corrected chi connectivity index (χ2v) is 6.18. The van der Waals surface area contributed by atoms with Gasteiger partial charge in [-0.05, 0) is 23.8 Å². The van der Waals surface area contributed by atoms with E-state index in [0.717, 1.165) is 12.8 Å². The number of thioether (sulfide) groups is 2. The molecule has 2 atom stereocenters. The predicted molar refractivity (Wildman–Crippen MR) is 65.2 cm³/mol. The number of amides is 1. The first-order valence-electron chi connectivity index (χ1n) is 5.01. The first-order chi connectivity index (χ1) is 7.36. The quantitative estimate of drug-likeness (QED) is 0.699. The molecule has 1 amide bonds. The second-order valence-electron chi connectivity index (χ2n) is 3.70. The van der Waals surface area contributed by atoms with Crippen molar-refractivity contribution in [3.05, 3.63) is 35.4 Å². The number of nitrogens with zero attached hydrogens (tertiary/aromatic N) is 1. The van der Waals surface area contributed by atoms with Crippen molar-refractivity contribution in [1.82, 2.24) is 4.90 Å². The molecular formula is C11H11NOS2. The minimum absolute atomic E-state index is 0.0670. The summed E-state index contributed by atoms with van der Waals surface area (Å²) < 4.78 is 0.286. The normalized spacial score (nSPS) is 33.5. The first kappa shape index (κ1) is 9.60. The van der Waals surface area contributed by atoms with Crippen molar-refractivity contribution in [2.24, 2.45) is 0 Å². The zero-order valence-corrected chi connectivity index (χ0v) is 9.76. The number of carbonyl (C=O) groups is 1. The molecule has 15 heavy (non-hydrogen) atoms. The van der Waals surface area contributed by atoms with E-state index in [2.05, 4.69) is 18.2 Å². The van der Waals surface area contributed by atoms with E-state index in [0.29, 0.717) is 0 Å². The van der Waals surface area contributed by atoms with Crippen molar-refractivity contribution in [3.8, 4) is 0 Å². The molecule has 4 heteroatoms. The van der Waals surface area contributed by atoms with Crippen LogP contribution in [0.25, 0.3) is 0 Å². The van der Waals surface area contributed by atoms with Crippen LogP contribution < -0.4 is 0 Å². The van der Waals surface area contributed by atoms with Crippen LogP contribution in [0.3, 0.4) is 0 Å². The molecule has 0 bridgehead atoms. The van der Waals surface area contributed by atoms with E-state index in [9.17, 15) is 4.79 Å². The van der Waals surface area contributed by atoms with E-state index >= 15 is 0 Å². The smallest absolute Gasteiger partial charge is 0.245 e. The Morgan fingerprint density at radius 1 is 1.47 bits per heavy atom. The fourth-order valence-corrected chi connectivity index (χ4v) is 4.55. The Morgan fingerprint density at radius 3 is 3.13 bits per heavy atom. The van der Waals surface area contributed by atoms with Crippen molar-refractivity contribution in [2.75, 3.05) is 0 Å². The molecule has 1 saturated heterocycles. The van der Waals surface area contributed by atoms with Crippen LogP contribution in [0.4, 0.5) is 0 Å². The molecule has 0 N–H and O–H groups in total. The van der Waals surface area contributed by atoms with Gasteiger partial charge in [-0.3, -0.25) is 9.69 Å². The van der Waals surface area contributed by atoms with Gasteiger partial charge in [0.25, 0.3) is 0 Å². The standard InChI is InChI=1S/C11H11NOS2/c13-10-9(8-4-2-1-3-5-8)15-11-12(10)6-7-14-11/h1-2,4,6-7,9,11H,3,5H2. The van der Waals surface area contributed by atoms with Gasteiger partial charge in [-0.2, -0.15) is 0 Å². The van der Waals surface area contributed by atoms with E-state index < -0.39 is 0 Å². The molecule has 2 nitrogen and oxygen atoms in total. The highest BCUT2D eigenvalue weighted by atomic mass is 32.2. The lowest BCUT2D eigenvalue weighted by Gasteiger charge is -2.14. The van der Waals surface area contributed by atoms with Crippen molar-refractivity contribution in [2.45, 2.75) is 22.8 Å². The van der Waals surface area contributed by atoms with E-state index in [1.54, 1.807) is 23.5 Å². The van der Waals surface area contributed by atoms with Gasteiger partial charge >= 0.3 is 0 Å². The first-order valence-corrected chi connectivity index (χ1v) is 6.90. The van der Waals surface area contributed by atoms with Gasteiger partial charge in [0.15, 0.2) is 0 Å². The lowest BCUT2D eigenvalue weighted by atomic mass is 10.0. The van der Waals surface area contributed by atoms with Crippen LogP contribution in [0.5, 0.6) is 0 Å². The molecule has 2 aliphatic heterocycles. The lowest BCUT2D eigenvalue weighted by molar-refractivity contribution is -0.126. The summed E-state index contributed by atoms with van der Waals surface area (Å²) >= 11 is 3.50. The van der Waals surface area contributed by atoms with Crippen molar-refractivity contribution >= 4 is 29.4 Å². The summed E-state index contributed by atoms with van der Waals surface area (Å²) in [6.07, 6.45) is 10.3. The van der Waals surface area contributed by atoms with Crippen molar-refractivity contribution in [1.29, 1.82) is 0 Å². The van der Waals surface area contributed by atoms with Crippen LogP contribution in [-0.4, -0.2) is 20.8 Å². The molecule has 0 radical (unpaired) electrons. The average molecular weight is 237 g/mol. The Kier molecular flexibility index (Phi) is 2.41. The third-order valence-electron chi connectivity index (χ3n) is 2.76. The summed E-state index contributed by atoms with van der Waals surface area (Å²) in [5, 5.41) is 2.07. The molecule has 3 aliphatic rings. The van der Waals surface area contributed by atoms with Gasteiger partial charge in [0, 0.05) is 6.20 Å². The van der Waals surface area contributed by atoms with Crippen LogP contribution in [0.1, 0.15) is 12.8 Å². The third-order valence-corrected chi connectivity index (χ3v) is 5.40. The Balaban J connectivity index is 1.84. The molecule has 1 aliphatic carbocycles. The minimum Gasteiger partial charge on any atom is -0.295 e. The summed E-state index contributed by atoms with van der Waals surface area (Å²) in [6, 6.07) is 0. The zero-order chi connectivity index (χ0) is 10.3. The van der Waals surface area contributed by atoms with Gasteiger partial charge in [-0.1, -0.05) is 30.0 Å². The fraction of sp³-hybridized carbons (Fsp3) is 0.364. The van der Waals surface area contributed by atoms with E-state index in [1.165, 1.54) is 5.57 Å². The van der Waals surface area contributed by atoms with Gasteiger partial charge in [0.1, 0.15) is 9.96 Å². The topological polar surface area (TPSA) is 20.3 Å². The third kappa shape index (κ3) is 1.56. The second kappa shape index (κ2) is 3.76. The average Bonchev–Trinajstić information content (AvgIpc) is 2.83. The van der Waals surface area contributed by atoms with Gasteiger partial charge in [0.2, 0.25) is 5.91 Å². The highest BCUT2D eigenvalue weighted by molar-refractivity contribution is 8.19. The van der Waals surface area contributed by atoms with Gasteiger partial charge < -0.3 is 0 Å². The molecule has 2 heterocycles. The molecule has 78 valence electrons. The summed E-state index contributed by atoms with van der Waals surface area (Å²) in [5.74, 6) is 0.257. The maximum absolute atomic E-state index is 12.1. The fourth-order valence-electron chi connectivity index (χ4n) is 1.97. The molecule has 0 saturated carbocycles. The molecule has 0 aromatic carbocycles. The highest BCUT2D eigenvalue weighted by Gasteiger charge is 2.42. The lowest BCUT2D eigenvalue weighted by Crippen LogP contribution is -2.27. The molecule has 0 aromatic rings. The number of hydrogen-bond acceptors (Lipinski definition) is 3. The maximum Gasteiger partial charge on any atom is 0.245 e. The van der Waals surface area contributed by atoms with Gasteiger partial charge in [-0.25, -0.2) is 0 Å². The van der Waals surface area contributed by atoms with Crippen LogP contribution in [0, 0.1) is 0 Å². The van der Waals surface area contributed by atoms with Crippen LogP contribution >= 0.6 is 23.5 Å². The number of allylic oxidation sites excluding steroid dienone is 3. The summed E-state index contributed by atoms with van der Waals surface area (Å²) in [5.41, 5.74) is 1.29. The number of fused-ring (bicyclic) bond motifs is 1. The van der Waals surface area contributed by atoms with Crippen molar-refractivity contribution in [3.63, 3.8) is 0 Å². The van der Waals surface area contributed by atoms with E-state index in [-0.39, 0.29) is 15.9 Å². The number of rotatable bonds is 1. The predicted octanol–water partition coefficient (Wildman–Crippen LogP) is 2.71. The molecule has 2 unspecified atom stereocenters. The highest BCUT2D eigenvalue weighted by Crippen LogP contribution is 2.46. The Morgan fingerprint density at radius 2 is 2.40 bits per heavy atom. The van der Waals surface area contributed by atoms with Crippen LogP contribution in [0.15, 0.2) is 35.4 Å². The molecule has 1 fully saturated rings. The Labute approximate surface area is 97.5 Å². The summed E-state index contributed by atoms with van der Waals surface area (Å²) in [4.78, 5) is 13.9. The molecule has 0 spiro atoms. The molecular weight excluding hydrogens is 226 g/mol. The maximum atomic E-state index is 12.1. The largest absolute Gasteiger partial charge is 0.295 e.